The Morgan fingerprint density at radius 3 is 1.80 bits per heavy atom. The molecule has 0 radical (unpaired) electrons. The van der Waals surface area contributed by atoms with Gasteiger partial charge in [0.15, 0.2) is 0 Å². The lowest BCUT2D eigenvalue weighted by Crippen LogP contribution is -2.43. The molecule has 0 amide bonds. The van der Waals surface area contributed by atoms with E-state index in [9.17, 15) is 9.59 Å². The molecule has 0 saturated heterocycles. The molecule has 0 rings (SSSR count). The topological polar surface area (TPSA) is 77.8 Å². The van der Waals surface area contributed by atoms with Crippen LogP contribution in [0.3, 0.4) is 0 Å². The molecule has 88 valence electrons. The highest BCUT2D eigenvalue weighted by molar-refractivity contribution is 5.72. The Morgan fingerprint density at radius 2 is 1.53 bits per heavy atom. The standard InChI is InChI=1S/C10H19NO4/c1-4-7(2)8(3)11(5-9(12)13)6-10(14)15/h7-8H,4-6H2,1-3H3,(H,12,13)(H,14,15). The average molecular weight is 217 g/mol. The van der Waals surface area contributed by atoms with E-state index in [2.05, 4.69) is 0 Å². The van der Waals surface area contributed by atoms with Crippen LogP contribution in [0.25, 0.3) is 0 Å². The second-order valence-corrected chi connectivity index (χ2v) is 3.82. The number of rotatable bonds is 7. The normalized spacial score (nSPS) is 14.9. The molecule has 5 heteroatoms. The minimum Gasteiger partial charge on any atom is -0.480 e. The van der Waals surface area contributed by atoms with Crippen LogP contribution in [0.5, 0.6) is 0 Å². The fourth-order valence-corrected chi connectivity index (χ4v) is 1.39. The van der Waals surface area contributed by atoms with Gasteiger partial charge in [-0.05, 0) is 12.8 Å². The van der Waals surface area contributed by atoms with Crippen LogP contribution in [-0.4, -0.2) is 46.2 Å². The van der Waals surface area contributed by atoms with Gasteiger partial charge in [0.1, 0.15) is 0 Å². The molecule has 2 atom stereocenters. The summed E-state index contributed by atoms with van der Waals surface area (Å²) in [5.74, 6) is -1.71. The van der Waals surface area contributed by atoms with Gasteiger partial charge in [0.25, 0.3) is 0 Å². The van der Waals surface area contributed by atoms with Crippen molar-refractivity contribution < 1.29 is 19.8 Å². The largest absolute Gasteiger partial charge is 0.480 e. The van der Waals surface area contributed by atoms with Crippen LogP contribution in [0.15, 0.2) is 0 Å². The molecule has 2 N–H and O–H groups in total. The van der Waals surface area contributed by atoms with Gasteiger partial charge >= 0.3 is 11.9 Å². The summed E-state index contributed by atoms with van der Waals surface area (Å²) in [6.45, 7) is 5.40. The first-order valence-electron chi connectivity index (χ1n) is 5.06. The maximum atomic E-state index is 10.6. The Morgan fingerprint density at radius 1 is 1.13 bits per heavy atom. The van der Waals surface area contributed by atoms with E-state index < -0.39 is 11.9 Å². The first-order chi connectivity index (χ1) is 6.88. The highest BCUT2D eigenvalue weighted by Crippen LogP contribution is 2.13. The van der Waals surface area contributed by atoms with Gasteiger partial charge in [-0.3, -0.25) is 14.5 Å². The third-order valence-corrected chi connectivity index (χ3v) is 2.72. The number of hydrogen-bond donors (Lipinski definition) is 2. The molecular weight excluding hydrogens is 198 g/mol. The number of carboxylic acid groups (broad SMARTS) is 2. The zero-order valence-corrected chi connectivity index (χ0v) is 9.43. The molecule has 0 saturated carbocycles. The summed E-state index contributed by atoms with van der Waals surface area (Å²) in [7, 11) is 0. The smallest absolute Gasteiger partial charge is 0.317 e. The molecule has 0 bridgehead atoms. The van der Waals surface area contributed by atoms with Gasteiger partial charge in [-0.2, -0.15) is 0 Å². The summed E-state index contributed by atoms with van der Waals surface area (Å²) in [4.78, 5) is 22.6. The van der Waals surface area contributed by atoms with Crippen LogP contribution in [0.4, 0.5) is 0 Å². The number of nitrogens with zero attached hydrogens (tertiary/aromatic N) is 1. The second kappa shape index (κ2) is 6.40. The Hall–Kier alpha value is -1.10. The molecule has 0 aromatic carbocycles. The van der Waals surface area contributed by atoms with E-state index in [0.29, 0.717) is 0 Å². The second-order valence-electron chi connectivity index (χ2n) is 3.82. The van der Waals surface area contributed by atoms with Crippen molar-refractivity contribution in [1.82, 2.24) is 4.90 Å². The third-order valence-electron chi connectivity index (χ3n) is 2.72. The summed E-state index contributed by atoms with van der Waals surface area (Å²) in [5.41, 5.74) is 0. The van der Waals surface area contributed by atoms with Crippen LogP contribution in [-0.2, 0) is 9.59 Å². The molecule has 0 fully saturated rings. The lowest BCUT2D eigenvalue weighted by Gasteiger charge is -2.30. The third kappa shape index (κ3) is 5.37. The molecule has 0 aliphatic carbocycles. The average Bonchev–Trinajstić information content (AvgIpc) is 2.13. The molecule has 0 aromatic heterocycles. The SMILES string of the molecule is CCC(C)C(C)N(CC(=O)O)CC(=O)O. The molecule has 5 nitrogen and oxygen atoms in total. The van der Waals surface area contributed by atoms with E-state index in [-0.39, 0.29) is 25.0 Å². The quantitative estimate of drug-likeness (QED) is 0.662. The van der Waals surface area contributed by atoms with Gasteiger partial charge < -0.3 is 10.2 Å². The summed E-state index contributed by atoms with van der Waals surface area (Å²) < 4.78 is 0. The summed E-state index contributed by atoms with van der Waals surface area (Å²) in [6.07, 6.45) is 0.900. The molecule has 15 heavy (non-hydrogen) atoms. The summed E-state index contributed by atoms with van der Waals surface area (Å²) in [6, 6.07) is -0.0396. The zero-order chi connectivity index (χ0) is 12.0. The molecular formula is C10H19NO4. The first-order valence-corrected chi connectivity index (χ1v) is 5.06. The van der Waals surface area contributed by atoms with Crippen molar-refractivity contribution in [3.05, 3.63) is 0 Å². The lowest BCUT2D eigenvalue weighted by molar-refractivity contribution is -0.143. The van der Waals surface area contributed by atoms with Gasteiger partial charge in [-0.15, -0.1) is 0 Å². The van der Waals surface area contributed by atoms with Crippen LogP contribution >= 0.6 is 0 Å². The number of carboxylic acids is 2. The Bertz CT molecular complexity index is 213. The van der Waals surface area contributed by atoms with Crippen molar-refractivity contribution >= 4 is 11.9 Å². The number of aliphatic carboxylic acids is 2. The van der Waals surface area contributed by atoms with E-state index in [1.54, 1.807) is 0 Å². The Labute approximate surface area is 89.7 Å². The number of carbonyl (C=O) groups is 2. The molecule has 0 aliphatic heterocycles. The van der Waals surface area contributed by atoms with Gasteiger partial charge in [-0.1, -0.05) is 20.3 Å². The van der Waals surface area contributed by atoms with Crippen molar-refractivity contribution in [3.8, 4) is 0 Å². The van der Waals surface area contributed by atoms with Crippen LogP contribution in [0.2, 0.25) is 0 Å². The molecule has 0 aliphatic rings. The van der Waals surface area contributed by atoms with E-state index >= 15 is 0 Å². The maximum absolute atomic E-state index is 10.6. The maximum Gasteiger partial charge on any atom is 0.317 e. The predicted molar refractivity (Wildman–Crippen MR) is 55.8 cm³/mol. The van der Waals surface area contributed by atoms with Crippen molar-refractivity contribution in [2.45, 2.75) is 33.2 Å². The molecule has 0 aromatic rings. The van der Waals surface area contributed by atoms with Crippen LogP contribution < -0.4 is 0 Å². The van der Waals surface area contributed by atoms with Gasteiger partial charge in [0.2, 0.25) is 0 Å². The lowest BCUT2D eigenvalue weighted by atomic mass is 9.99. The van der Waals surface area contributed by atoms with E-state index in [1.165, 1.54) is 4.90 Å². The Balaban J connectivity index is 4.45. The van der Waals surface area contributed by atoms with Crippen molar-refractivity contribution in [2.24, 2.45) is 5.92 Å². The predicted octanol–water partition coefficient (Wildman–Crippen LogP) is 0.892. The zero-order valence-electron chi connectivity index (χ0n) is 9.43. The van der Waals surface area contributed by atoms with Gasteiger partial charge in [0, 0.05) is 6.04 Å². The highest BCUT2D eigenvalue weighted by atomic mass is 16.4. The molecule has 2 unspecified atom stereocenters. The Kier molecular flexibility index (Phi) is 5.93. The van der Waals surface area contributed by atoms with E-state index in [1.807, 2.05) is 20.8 Å². The van der Waals surface area contributed by atoms with Gasteiger partial charge in [0.05, 0.1) is 13.1 Å². The summed E-state index contributed by atoms with van der Waals surface area (Å²) >= 11 is 0. The van der Waals surface area contributed by atoms with Crippen molar-refractivity contribution in [1.29, 1.82) is 0 Å². The molecule has 0 heterocycles. The minimum absolute atomic E-state index is 0.0396. The van der Waals surface area contributed by atoms with Crippen molar-refractivity contribution in [2.75, 3.05) is 13.1 Å². The fourth-order valence-electron chi connectivity index (χ4n) is 1.39. The monoisotopic (exact) mass is 217 g/mol. The van der Waals surface area contributed by atoms with Crippen LogP contribution in [0.1, 0.15) is 27.2 Å². The number of hydrogen-bond acceptors (Lipinski definition) is 3. The molecule has 0 spiro atoms. The first kappa shape index (κ1) is 13.9. The van der Waals surface area contributed by atoms with Crippen molar-refractivity contribution in [3.63, 3.8) is 0 Å². The van der Waals surface area contributed by atoms with E-state index in [0.717, 1.165) is 6.42 Å². The summed E-state index contributed by atoms with van der Waals surface area (Å²) in [5, 5.41) is 17.3. The van der Waals surface area contributed by atoms with Gasteiger partial charge in [-0.25, -0.2) is 0 Å². The minimum atomic E-state index is -0.994. The van der Waals surface area contributed by atoms with Crippen LogP contribution in [0, 0.1) is 5.92 Å². The highest BCUT2D eigenvalue weighted by Gasteiger charge is 2.22. The van der Waals surface area contributed by atoms with E-state index in [4.69, 9.17) is 10.2 Å². The fraction of sp³-hybridized carbons (Fsp3) is 0.800.